The summed E-state index contributed by atoms with van der Waals surface area (Å²) in [5.74, 6) is 0. The minimum absolute atomic E-state index is 0.466. The molecule has 5 heteroatoms. The van der Waals surface area contributed by atoms with Gasteiger partial charge in [-0.05, 0) is 31.5 Å². The van der Waals surface area contributed by atoms with Gasteiger partial charge in [-0.2, -0.15) is 5.10 Å². The van der Waals surface area contributed by atoms with Crippen LogP contribution in [0.3, 0.4) is 0 Å². The maximum Gasteiger partial charge on any atom is 0.0677 e. The summed E-state index contributed by atoms with van der Waals surface area (Å²) in [6, 6.07) is 6.43. The minimum atomic E-state index is 0.466. The molecule has 1 aromatic heterocycles. The van der Waals surface area contributed by atoms with Gasteiger partial charge in [0.25, 0.3) is 0 Å². The highest BCUT2D eigenvalue weighted by Crippen LogP contribution is 2.23. The molecule has 0 saturated heterocycles. The van der Waals surface area contributed by atoms with Crippen molar-refractivity contribution in [3.05, 3.63) is 50.2 Å². The second-order valence-electron chi connectivity index (χ2n) is 5.58. The lowest BCUT2D eigenvalue weighted by molar-refractivity contribution is 0.584. The number of aromatic nitrogens is 2. The highest BCUT2D eigenvalue weighted by molar-refractivity contribution is 9.10. The first-order valence-corrected chi connectivity index (χ1v) is 8.25. The van der Waals surface area contributed by atoms with Crippen LogP contribution in [0.1, 0.15) is 36.4 Å². The van der Waals surface area contributed by atoms with Gasteiger partial charge < -0.3 is 5.32 Å². The molecule has 0 atom stereocenters. The number of nitrogens with one attached hydrogen (secondary N) is 1. The largest absolute Gasteiger partial charge is 0.310 e. The van der Waals surface area contributed by atoms with Crippen LogP contribution in [0.4, 0.5) is 0 Å². The van der Waals surface area contributed by atoms with Crippen LogP contribution in [0.15, 0.2) is 22.7 Å². The first-order chi connectivity index (χ1) is 9.88. The fraction of sp³-hybridized carbons (Fsp3) is 0.438. The Morgan fingerprint density at radius 2 is 2.05 bits per heavy atom. The van der Waals surface area contributed by atoms with E-state index in [9.17, 15) is 0 Å². The van der Waals surface area contributed by atoms with Gasteiger partial charge in [-0.1, -0.05) is 47.4 Å². The fourth-order valence-electron chi connectivity index (χ4n) is 2.26. The molecule has 0 radical (unpaired) electrons. The van der Waals surface area contributed by atoms with Crippen LogP contribution in [0.25, 0.3) is 0 Å². The van der Waals surface area contributed by atoms with Crippen LogP contribution in [0.5, 0.6) is 0 Å². The van der Waals surface area contributed by atoms with E-state index in [0.29, 0.717) is 12.6 Å². The lowest BCUT2D eigenvalue weighted by Gasteiger charge is -2.10. The van der Waals surface area contributed by atoms with E-state index in [4.69, 9.17) is 11.6 Å². The Kier molecular flexibility index (Phi) is 5.47. The summed E-state index contributed by atoms with van der Waals surface area (Å²) in [6.07, 6.45) is 0. The van der Waals surface area contributed by atoms with Crippen LogP contribution < -0.4 is 5.32 Å². The van der Waals surface area contributed by atoms with E-state index >= 15 is 0 Å². The molecule has 2 rings (SSSR count). The van der Waals surface area contributed by atoms with E-state index in [-0.39, 0.29) is 0 Å². The third-order valence-electron chi connectivity index (χ3n) is 3.55. The Morgan fingerprint density at radius 3 is 2.67 bits per heavy atom. The average Bonchev–Trinajstić information content (AvgIpc) is 2.65. The highest BCUT2D eigenvalue weighted by Gasteiger charge is 2.13. The number of aryl methyl sites for hydroxylation is 1. The van der Waals surface area contributed by atoms with Crippen LogP contribution in [-0.4, -0.2) is 15.8 Å². The summed E-state index contributed by atoms with van der Waals surface area (Å²) in [7, 11) is 0. The van der Waals surface area contributed by atoms with E-state index < -0.39 is 0 Å². The van der Waals surface area contributed by atoms with Crippen molar-refractivity contribution < 1.29 is 0 Å². The van der Waals surface area contributed by atoms with Gasteiger partial charge in [-0.15, -0.1) is 0 Å². The van der Waals surface area contributed by atoms with Gasteiger partial charge in [0, 0.05) is 33.3 Å². The molecule has 0 bridgehead atoms. The van der Waals surface area contributed by atoms with E-state index in [1.807, 2.05) is 22.9 Å². The van der Waals surface area contributed by atoms with Crippen molar-refractivity contribution in [3.63, 3.8) is 0 Å². The predicted octanol–water partition coefficient (Wildman–Crippen LogP) is 4.46. The first kappa shape index (κ1) is 16.5. The molecule has 114 valence electrons. The number of halogens is 2. The van der Waals surface area contributed by atoms with Gasteiger partial charge in [-0.25, -0.2) is 0 Å². The molecule has 0 saturated carbocycles. The highest BCUT2D eigenvalue weighted by atomic mass is 79.9. The first-order valence-electron chi connectivity index (χ1n) is 7.08. The zero-order valence-corrected chi connectivity index (χ0v) is 15.2. The lowest BCUT2D eigenvalue weighted by Crippen LogP contribution is -2.22. The van der Waals surface area contributed by atoms with Crippen molar-refractivity contribution >= 4 is 27.5 Å². The average molecular weight is 371 g/mol. The van der Waals surface area contributed by atoms with Gasteiger partial charge in [0.15, 0.2) is 0 Å². The Hall–Kier alpha value is -0.840. The summed E-state index contributed by atoms with van der Waals surface area (Å²) in [5, 5.41) is 8.87. The minimum Gasteiger partial charge on any atom is -0.310 e. The molecule has 1 aromatic carbocycles. The zero-order valence-electron chi connectivity index (χ0n) is 12.9. The summed E-state index contributed by atoms with van der Waals surface area (Å²) < 4.78 is 3.02. The van der Waals surface area contributed by atoms with Crippen molar-refractivity contribution in [2.75, 3.05) is 0 Å². The monoisotopic (exact) mass is 369 g/mol. The molecule has 0 fully saturated rings. The fourth-order valence-corrected chi connectivity index (χ4v) is 2.99. The summed E-state index contributed by atoms with van der Waals surface area (Å²) in [4.78, 5) is 0. The molecule has 2 aromatic rings. The number of hydrogen-bond acceptors (Lipinski definition) is 2. The third kappa shape index (κ3) is 4.09. The van der Waals surface area contributed by atoms with Crippen molar-refractivity contribution in [3.8, 4) is 0 Å². The topological polar surface area (TPSA) is 29.9 Å². The van der Waals surface area contributed by atoms with E-state index in [2.05, 4.69) is 54.0 Å². The standard InChI is InChI=1S/C16H21BrClN3/c1-10(2)19-8-15-11(3)20-21(12(15)4)9-13-5-6-14(17)7-16(13)18/h5-7,10,19H,8-9H2,1-4H3. The molecule has 0 spiro atoms. The molecule has 0 unspecified atom stereocenters. The van der Waals surface area contributed by atoms with Gasteiger partial charge in [0.05, 0.1) is 12.2 Å². The van der Waals surface area contributed by atoms with Gasteiger partial charge in [0.2, 0.25) is 0 Å². The van der Waals surface area contributed by atoms with Gasteiger partial charge >= 0.3 is 0 Å². The Bertz CT molecular complexity index is 635. The summed E-state index contributed by atoms with van der Waals surface area (Å²) in [5.41, 5.74) is 4.62. The number of hydrogen-bond donors (Lipinski definition) is 1. The molecule has 3 nitrogen and oxygen atoms in total. The normalized spacial score (nSPS) is 11.4. The predicted molar refractivity (Wildman–Crippen MR) is 91.9 cm³/mol. The second-order valence-corrected chi connectivity index (χ2v) is 6.90. The maximum absolute atomic E-state index is 6.30. The molecule has 0 amide bonds. The number of rotatable bonds is 5. The van der Waals surface area contributed by atoms with E-state index in [0.717, 1.165) is 27.3 Å². The summed E-state index contributed by atoms with van der Waals surface area (Å²) >= 11 is 9.73. The van der Waals surface area contributed by atoms with Crippen LogP contribution in [-0.2, 0) is 13.1 Å². The second kappa shape index (κ2) is 6.95. The Morgan fingerprint density at radius 1 is 1.33 bits per heavy atom. The Labute approximate surface area is 139 Å². The molecule has 0 aliphatic heterocycles. The van der Waals surface area contributed by atoms with Gasteiger partial charge in [0.1, 0.15) is 0 Å². The molecule has 1 heterocycles. The molecule has 0 aliphatic carbocycles. The molecule has 21 heavy (non-hydrogen) atoms. The van der Waals surface area contributed by atoms with Crippen molar-refractivity contribution in [2.24, 2.45) is 0 Å². The number of benzene rings is 1. The van der Waals surface area contributed by atoms with Crippen LogP contribution in [0, 0.1) is 13.8 Å². The maximum atomic E-state index is 6.30. The lowest BCUT2D eigenvalue weighted by atomic mass is 10.2. The van der Waals surface area contributed by atoms with Crippen LogP contribution in [0.2, 0.25) is 5.02 Å². The van der Waals surface area contributed by atoms with Crippen molar-refractivity contribution in [2.45, 2.75) is 46.8 Å². The van der Waals surface area contributed by atoms with Crippen molar-refractivity contribution in [1.82, 2.24) is 15.1 Å². The van der Waals surface area contributed by atoms with E-state index in [1.54, 1.807) is 0 Å². The van der Waals surface area contributed by atoms with Crippen LogP contribution >= 0.6 is 27.5 Å². The SMILES string of the molecule is Cc1nn(Cc2ccc(Br)cc2Cl)c(C)c1CNC(C)C. The Balaban J connectivity index is 2.23. The smallest absolute Gasteiger partial charge is 0.0677 e. The molecule has 0 aliphatic rings. The molecule has 1 N–H and O–H groups in total. The van der Waals surface area contributed by atoms with Crippen molar-refractivity contribution in [1.29, 1.82) is 0 Å². The zero-order chi connectivity index (χ0) is 15.6. The summed E-state index contributed by atoms with van der Waals surface area (Å²) in [6.45, 7) is 10.0. The quantitative estimate of drug-likeness (QED) is 0.842. The van der Waals surface area contributed by atoms with Gasteiger partial charge in [-0.3, -0.25) is 4.68 Å². The molecular weight excluding hydrogens is 350 g/mol. The third-order valence-corrected chi connectivity index (χ3v) is 4.40. The van der Waals surface area contributed by atoms with E-state index in [1.165, 1.54) is 11.3 Å². The number of nitrogens with zero attached hydrogens (tertiary/aromatic N) is 2. The molecular formula is C16H21BrClN3.